The molecule has 0 saturated carbocycles. The van der Waals surface area contributed by atoms with Crippen LogP contribution < -0.4 is 45.6 Å². The number of fused-ring (bicyclic) bond motifs is 1. The number of halogens is 2. The maximum Gasteiger partial charge on any atom is 2.00 e. The van der Waals surface area contributed by atoms with Crippen molar-refractivity contribution >= 4 is 34.4 Å². The third-order valence-corrected chi connectivity index (χ3v) is 2.67. The Kier molecular flexibility index (Phi) is 18.6. The van der Waals surface area contributed by atoms with Crippen LogP contribution in [0.15, 0.2) is 35.4 Å². The van der Waals surface area contributed by atoms with E-state index in [0.29, 0.717) is 10.7 Å². The Morgan fingerprint density at radius 1 is 1.26 bits per heavy atom. The summed E-state index contributed by atoms with van der Waals surface area (Å²) in [6, 6.07) is 9.34. The molecule has 1 aromatic heterocycles. The summed E-state index contributed by atoms with van der Waals surface area (Å²) >= 11 is 4.86. The van der Waals surface area contributed by atoms with E-state index >= 15 is 0 Å². The molecule has 133 valence electrons. The van der Waals surface area contributed by atoms with Gasteiger partial charge >= 0.3 is 17.1 Å². The molecule has 0 fully saturated rings. The molecular weight excluding hydrogens is 415 g/mol. The summed E-state index contributed by atoms with van der Waals surface area (Å²) in [6.07, 6.45) is 1.44. The number of aromatic nitrogens is 1. The van der Waals surface area contributed by atoms with Crippen LogP contribution in [-0.4, -0.2) is 29.3 Å². The minimum Gasteiger partial charge on any atom is -1.00 e. The predicted molar refractivity (Wildman–Crippen MR) is 79.6 cm³/mol. The van der Waals surface area contributed by atoms with Crippen molar-refractivity contribution in [3.63, 3.8) is 0 Å². The van der Waals surface area contributed by atoms with Crippen LogP contribution in [0.5, 0.6) is 5.88 Å². The zero-order chi connectivity index (χ0) is 13.0. The first-order valence-corrected chi connectivity index (χ1v) is 5.74. The summed E-state index contributed by atoms with van der Waals surface area (Å²) < 4.78 is 0. The number of hydrazone groups is 1. The van der Waals surface area contributed by atoms with Crippen LogP contribution in [0, 0.1) is 0 Å². The van der Waals surface area contributed by atoms with E-state index in [1.54, 1.807) is 13.1 Å². The van der Waals surface area contributed by atoms with Crippen molar-refractivity contribution in [2.75, 3.05) is 7.05 Å². The smallest absolute Gasteiger partial charge is 1.00 e. The average molecular weight is 431 g/mol. The number of benzene rings is 1. The fraction of sp³-hybridized carbons (Fsp3) is 0.0833. The van der Waals surface area contributed by atoms with Gasteiger partial charge in [0.05, 0.1) is 11.8 Å². The Labute approximate surface area is 161 Å². The average Bonchev–Trinajstić information content (AvgIpc) is 2.39. The molecular formula is C12H16Cl2CuN4O3S. The third kappa shape index (κ3) is 8.29. The topological polar surface area (TPSA) is 137 Å². The van der Waals surface area contributed by atoms with Gasteiger partial charge in [-0.15, -0.1) is 0 Å². The number of aromatic amines is 1. The molecule has 0 spiro atoms. The molecule has 23 heavy (non-hydrogen) atoms. The predicted octanol–water partition coefficient (Wildman–Crippen LogP) is -7.49. The first-order chi connectivity index (χ1) is 8.70. The number of thiocarbonyl (C=S) groups is 1. The second kappa shape index (κ2) is 14.4. The molecule has 0 aliphatic rings. The Hall–Kier alpha value is -1.19. The maximum atomic E-state index is 11.8. The molecule has 11 heteroatoms. The Morgan fingerprint density at radius 3 is 2.48 bits per heavy atom. The van der Waals surface area contributed by atoms with Gasteiger partial charge in [0.1, 0.15) is 0 Å². The number of nitrogens with one attached hydrogen (secondary N) is 3. The van der Waals surface area contributed by atoms with Crippen LogP contribution in [0.2, 0.25) is 0 Å². The molecule has 0 unspecified atom stereocenters. The van der Waals surface area contributed by atoms with E-state index in [4.69, 9.17) is 12.2 Å². The molecule has 0 amide bonds. The van der Waals surface area contributed by atoms with Gasteiger partial charge in [-0.1, -0.05) is 12.1 Å². The Morgan fingerprint density at radius 2 is 1.87 bits per heavy atom. The van der Waals surface area contributed by atoms with Crippen molar-refractivity contribution in [3.05, 3.63) is 35.9 Å². The second-order valence-corrected chi connectivity index (χ2v) is 4.00. The molecule has 2 rings (SSSR count). The van der Waals surface area contributed by atoms with E-state index in [9.17, 15) is 5.11 Å². The normalized spacial score (nSPS) is 8.39. The molecule has 0 atom stereocenters. The SMILES string of the molecule is CNC(=S)N/N=C/c1cc2ccccc2[nH+]c1[O-].O.O.[Cl-].[Cl-].[Cu+2]. The van der Waals surface area contributed by atoms with Gasteiger partial charge in [0.15, 0.2) is 11.0 Å². The van der Waals surface area contributed by atoms with Crippen LogP contribution in [-0.2, 0) is 17.1 Å². The largest absolute Gasteiger partial charge is 2.00 e. The van der Waals surface area contributed by atoms with Crippen molar-refractivity contribution < 1.29 is 62.9 Å². The molecule has 1 radical (unpaired) electrons. The number of hydrogen-bond acceptors (Lipinski definition) is 3. The van der Waals surface area contributed by atoms with E-state index in [1.165, 1.54) is 6.21 Å². The first kappa shape index (κ1) is 29.8. The summed E-state index contributed by atoms with van der Waals surface area (Å²) in [4.78, 5) is 2.79. The van der Waals surface area contributed by atoms with E-state index < -0.39 is 0 Å². The monoisotopic (exact) mass is 429 g/mol. The van der Waals surface area contributed by atoms with Crippen molar-refractivity contribution in [3.8, 4) is 5.88 Å². The van der Waals surface area contributed by atoms with Crippen LogP contribution in [0.1, 0.15) is 5.56 Å². The first-order valence-electron chi connectivity index (χ1n) is 5.33. The molecule has 0 aliphatic heterocycles. The Balaban J connectivity index is -0.000000361. The fourth-order valence-electron chi connectivity index (χ4n) is 1.48. The molecule has 7 nitrogen and oxygen atoms in total. The summed E-state index contributed by atoms with van der Waals surface area (Å²) in [6.45, 7) is 0. The molecule has 1 heterocycles. The fourth-order valence-corrected chi connectivity index (χ4v) is 1.53. The van der Waals surface area contributed by atoms with Crippen LogP contribution in [0.4, 0.5) is 0 Å². The van der Waals surface area contributed by atoms with Gasteiger partial charge in [-0.2, -0.15) is 5.10 Å². The van der Waals surface area contributed by atoms with E-state index in [-0.39, 0.29) is 58.7 Å². The molecule has 2 aromatic rings. The standard InChI is InChI=1S/C12H12N4OS.2ClH.Cu.2H2O/c1-13-12(18)16-14-7-9-6-8-4-2-3-5-10(8)15-11(9)17;;;;;/h2-7H,1H3,(H,15,17)(H2,13,16,18);2*1H;;2*1H2/q;;;+2;;/p-2/b14-7+;;;;;. The minimum absolute atomic E-state index is 0. The number of nitrogens with zero attached hydrogens (tertiary/aromatic N) is 1. The summed E-state index contributed by atoms with van der Waals surface area (Å²) in [5.74, 6) is -0.186. The maximum absolute atomic E-state index is 11.8. The summed E-state index contributed by atoms with van der Waals surface area (Å²) in [5.41, 5.74) is 3.87. The zero-order valence-corrected chi connectivity index (χ0v) is 15.1. The quantitative estimate of drug-likeness (QED) is 0.212. The Bertz CT molecular complexity index is 634. The van der Waals surface area contributed by atoms with Gasteiger partial charge in [0.2, 0.25) is 5.52 Å². The van der Waals surface area contributed by atoms with Gasteiger partial charge < -0.3 is 46.2 Å². The number of rotatable bonds is 2. The van der Waals surface area contributed by atoms with Crippen LogP contribution >= 0.6 is 12.2 Å². The summed E-state index contributed by atoms with van der Waals surface area (Å²) in [5, 5.41) is 19.7. The van der Waals surface area contributed by atoms with Gasteiger partial charge in [0, 0.05) is 18.5 Å². The number of H-pyrrole nitrogens is 1. The number of para-hydroxylation sites is 1. The number of pyridine rings is 1. The van der Waals surface area contributed by atoms with E-state index in [2.05, 4.69) is 20.8 Å². The number of hydrogen-bond donors (Lipinski definition) is 2. The van der Waals surface area contributed by atoms with Crippen molar-refractivity contribution in [2.45, 2.75) is 0 Å². The molecule has 7 N–H and O–H groups in total. The van der Waals surface area contributed by atoms with Crippen molar-refractivity contribution in [1.82, 2.24) is 10.7 Å². The van der Waals surface area contributed by atoms with Crippen molar-refractivity contribution in [2.24, 2.45) is 5.10 Å². The van der Waals surface area contributed by atoms with Gasteiger partial charge in [-0.25, -0.2) is 4.98 Å². The van der Waals surface area contributed by atoms with Gasteiger partial charge in [-0.05, 0) is 24.4 Å². The molecule has 0 saturated heterocycles. The second-order valence-electron chi connectivity index (χ2n) is 3.59. The van der Waals surface area contributed by atoms with Crippen LogP contribution in [0.25, 0.3) is 10.9 Å². The van der Waals surface area contributed by atoms with Gasteiger partial charge in [-0.3, -0.25) is 5.43 Å². The molecule has 0 aliphatic carbocycles. The van der Waals surface area contributed by atoms with E-state index in [1.807, 2.05) is 24.3 Å². The minimum atomic E-state index is -0.186. The molecule has 0 bridgehead atoms. The summed E-state index contributed by atoms with van der Waals surface area (Å²) in [7, 11) is 1.69. The van der Waals surface area contributed by atoms with Crippen molar-refractivity contribution in [1.29, 1.82) is 0 Å². The zero-order valence-electron chi connectivity index (χ0n) is 11.8. The molecule has 1 aromatic carbocycles. The third-order valence-electron chi connectivity index (χ3n) is 2.38. The van der Waals surface area contributed by atoms with Gasteiger partial charge in [0.25, 0.3) is 0 Å². The van der Waals surface area contributed by atoms with E-state index in [0.717, 1.165) is 10.9 Å². The van der Waals surface area contributed by atoms with Crippen LogP contribution in [0.3, 0.4) is 0 Å².